The van der Waals surface area contributed by atoms with Gasteiger partial charge in [0.15, 0.2) is 0 Å². The Kier molecular flexibility index (Phi) is 7.28. The van der Waals surface area contributed by atoms with Crippen molar-refractivity contribution in [2.75, 3.05) is 38.6 Å². The maximum absolute atomic E-state index is 11.8. The molecule has 0 saturated carbocycles. The molecule has 1 rings (SSSR count). The molecule has 19 heavy (non-hydrogen) atoms. The third-order valence-corrected chi connectivity index (χ3v) is 5.00. The lowest BCUT2D eigenvalue weighted by atomic mass is 10.0. The van der Waals surface area contributed by atoms with Crippen LogP contribution in [0.25, 0.3) is 0 Å². The van der Waals surface area contributed by atoms with E-state index in [1.807, 2.05) is 6.92 Å². The zero-order chi connectivity index (χ0) is 14.3. The van der Waals surface area contributed by atoms with Gasteiger partial charge in [-0.1, -0.05) is 27.2 Å². The third kappa shape index (κ3) is 6.21. The summed E-state index contributed by atoms with van der Waals surface area (Å²) in [5.41, 5.74) is 0. The van der Waals surface area contributed by atoms with Gasteiger partial charge in [0.05, 0.1) is 19.0 Å². The van der Waals surface area contributed by atoms with E-state index in [1.165, 1.54) is 0 Å². The molecule has 1 N–H and O–H groups in total. The summed E-state index contributed by atoms with van der Waals surface area (Å²) in [5.74, 6) is 0.657. The number of rotatable bonds is 8. The molecule has 1 heterocycles. The highest BCUT2D eigenvalue weighted by atomic mass is 32.2. The molecule has 0 aliphatic carbocycles. The second-order valence-corrected chi connectivity index (χ2v) is 7.41. The van der Waals surface area contributed by atoms with E-state index in [1.54, 1.807) is 0 Å². The highest BCUT2D eigenvalue weighted by molar-refractivity contribution is 7.89. The second kappa shape index (κ2) is 8.19. The Balaban J connectivity index is 2.49. The normalized spacial score (nSPS) is 19.8. The number of ether oxygens (including phenoxy) is 1. The van der Waals surface area contributed by atoms with Crippen LogP contribution in [0, 0.1) is 5.92 Å². The smallest absolute Gasteiger partial charge is 0.211 e. The standard InChI is InChI=1S/C13H28N2O3S/c1-4-5-10-19(16,17)14-11-13(12(2)3)15-6-8-18-9-7-15/h12-14H,4-11H2,1-3H3. The monoisotopic (exact) mass is 292 g/mol. The average molecular weight is 292 g/mol. The van der Waals surface area contributed by atoms with Crippen LogP contribution in [0.1, 0.15) is 33.6 Å². The molecule has 1 aliphatic rings. The van der Waals surface area contributed by atoms with Gasteiger partial charge in [0.25, 0.3) is 0 Å². The van der Waals surface area contributed by atoms with E-state index < -0.39 is 10.0 Å². The van der Waals surface area contributed by atoms with E-state index in [9.17, 15) is 8.42 Å². The lowest BCUT2D eigenvalue weighted by Crippen LogP contribution is -2.51. The van der Waals surface area contributed by atoms with E-state index in [4.69, 9.17) is 4.74 Å². The number of hydrogen-bond acceptors (Lipinski definition) is 4. The van der Waals surface area contributed by atoms with Crippen LogP contribution in [-0.2, 0) is 14.8 Å². The van der Waals surface area contributed by atoms with E-state index >= 15 is 0 Å². The molecule has 5 nitrogen and oxygen atoms in total. The molecule has 1 unspecified atom stereocenters. The van der Waals surface area contributed by atoms with Gasteiger partial charge in [0.2, 0.25) is 10.0 Å². The van der Waals surface area contributed by atoms with Crippen molar-refractivity contribution in [1.82, 2.24) is 9.62 Å². The summed E-state index contributed by atoms with van der Waals surface area (Å²) in [6.45, 7) is 10.0. The predicted octanol–water partition coefficient (Wildman–Crippen LogP) is 1.06. The first-order valence-corrected chi connectivity index (χ1v) is 8.90. The molecule has 0 spiro atoms. The van der Waals surface area contributed by atoms with Gasteiger partial charge in [-0.05, 0) is 12.3 Å². The molecule has 1 aliphatic heterocycles. The summed E-state index contributed by atoms with van der Waals surface area (Å²) in [6, 6.07) is 0.250. The van der Waals surface area contributed by atoms with Crippen molar-refractivity contribution in [3.8, 4) is 0 Å². The molecule has 0 bridgehead atoms. The van der Waals surface area contributed by atoms with E-state index in [-0.39, 0.29) is 11.8 Å². The van der Waals surface area contributed by atoms with Gasteiger partial charge in [-0.3, -0.25) is 4.90 Å². The summed E-state index contributed by atoms with van der Waals surface area (Å²) < 4.78 is 31.8. The molecule has 0 aromatic carbocycles. The quantitative estimate of drug-likeness (QED) is 0.727. The maximum atomic E-state index is 11.8. The van der Waals surface area contributed by atoms with Crippen LogP contribution in [-0.4, -0.2) is 58.0 Å². The molecule has 1 atom stereocenters. The highest BCUT2D eigenvalue weighted by Gasteiger charge is 2.25. The van der Waals surface area contributed by atoms with Crippen LogP contribution in [0.5, 0.6) is 0 Å². The topological polar surface area (TPSA) is 58.6 Å². The minimum atomic E-state index is -3.12. The van der Waals surface area contributed by atoms with Crippen molar-refractivity contribution < 1.29 is 13.2 Å². The lowest BCUT2D eigenvalue weighted by molar-refractivity contribution is 0.00776. The second-order valence-electron chi connectivity index (χ2n) is 5.48. The number of hydrogen-bond donors (Lipinski definition) is 1. The van der Waals surface area contributed by atoms with E-state index in [0.717, 1.165) is 39.1 Å². The van der Waals surface area contributed by atoms with Gasteiger partial charge in [0.1, 0.15) is 0 Å². The summed E-state index contributed by atoms with van der Waals surface area (Å²) in [7, 11) is -3.12. The van der Waals surface area contributed by atoms with Crippen molar-refractivity contribution in [3.63, 3.8) is 0 Å². The predicted molar refractivity (Wildman–Crippen MR) is 77.7 cm³/mol. The molecule has 0 aromatic heterocycles. The summed E-state index contributed by atoms with van der Waals surface area (Å²) in [4.78, 5) is 2.33. The first-order chi connectivity index (χ1) is 8.96. The maximum Gasteiger partial charge on any atom is 0.211 e. The van der Waals surface area contributed by atoms with Gasteiger partial charge >= 0.3 is 0 Å². The molecule has 6 heteroatoms. The van der Waals surface area contributed by atoms with Crippen LogP contribution in [0.4, 0.5) is 0 Å². The zero-order valence-electron chi connectivity index (χ0n) is 12.4. The number of nitrogens with one attached hydrogen (secondary N) is 1. The van der Waals surface area contributed by atoms with Crippen molar-refractivity contribution >= 4 is 10.0 Å². The summed E-state index contributed by atoms with van der Waals surface area (Å²) in [6.07, 6.45) is 1.62. The van der Waals surface area contributed by atoms with Crippen LogP contribution in [0.2, 0.25) is 0 Å². The highest BCUT2D eigenvalue weighted by Crippen LogP contribution is 2.12. The van der Waals surface area contributed by atoms with Crippen LogP contribution >= 0.6 is 0 Å². The Labute approximate surface area is 117 Å². The zero-order valence-corrected chi connectivity index (χ0v) is 13.2. The lowest BCUT2D eigenvalue weighted by Gasteiger charge is -2.36. The number of unbranched alkanes of at least 4 members (excludes halogenated alkanes) is 1. The minimum Gasteiger partial charge on any atom is -0.379 e. The number of sulfonamides is 1. The van der Waals surface area contributed by atoms with Gasteiger partial charge in [0, 0.05) is 25.7 Å². The molecule has 1 saturated heterocycles. The number of nitrogens with zero attached hydrogens (tertiary/aromatic N) is 1. The Bertz CT molecular complexity index is 338. The van der Waals surface area contributed by atoms with Gasteiger partial charge in [-0.15, -0.1) is 0 Å². The minimum absolute atomic E-state index is 0.234. The van der Waals surface area contributed by atoms with Gasteiger partial charge < -0.3 is 4.74 Å². The average Bonchev–Trinajstić information content (AvgIpc) is 2.37. The molecule has 114 valence electrons. The van der Waals surface area contributed by atoms with Crippen molar-refractivity contribution in [2.24, 2.45) is 5.92 Å². The first kappa shape index (κ1) is 16.9. The fourth-order valence-corrected chi connectivity index (χ4v) is 3.55. The molecular weight excluding hydrogens is 264 g/mol. The van der Waals surface area contributed by atoms with Crippen molar-refractivity contribution in [3.05, 3.63) is 0 Å². The van der Waals surface area contributed by atoms with Crippen LogP contribution in [0.3, 0.4) is 0 Å². The van der Waals surface area contributed by atoms with Gasteiger partial charge in [-0.25, -0.2) is 13.1 Å². The largest absolute Gasteiger partial charge is 0.379 e. The molecular formula is C13H28N2O3S. The van der Waals surface area contributed by atoms with Gasteiger partial charge in [-0.2, -0.15) is 0 Å². The molecule has 1 fully saturated rings. The summed E-state index contributed by atoms with van der Waals surface area (Å²) in [5, 5.41) is 0. The SMILES string of the molecule is CCCCS(=O)(=O)NCC(C(C)C)N1CCOCC1. The van der Waals surface area contributed by atoms with Crippen molar-refractivity contribution in [1.29, 1.82) is 0 Å². The molecule has 0 amide bonds. The number of morpholine rings is 1. The van der Waals surface area contributed by atoms with Crippen LogP contribution < -0.4 is 4.72 Å². The van der Waals surface area contributed by atoms with Crippen LogP contribution in [0.15, 0.2) is 0 Å². The Morgan fingerprint density at radius 1 is 1.26 bits per heavy atom. The Morgan fingerprint density at radius 2 is 1.89 bits per heavy atom. The fourth-order valence-electron chi connectivity index (χ4n) is 2.31. The van der Waals surface area contributed by atoms with E-state index in [2.05, 4.69) is 23.5 Å². The molecule has 0 aromatic rings. The van der Waals surface area contributed by atoms with Crippen molar-refractivity contribution in [2.45, 2.75) is 39.7 Å². The fraction of sp³-hybridized carbons (Fsp3) is 1.00. The first-order valence-electron chi connectivity index (χ1n) is 7.25. The van der Waals surface area contributed by atoms with E-state index in [0.29, 0.717) is 12.5 Å². The summed E-state index contributed by atoms with van der Waals surface area (Å²) >= 11 is 0. The molecule has 0 radical (unpaired) electrons. The third-order valence-electron chi connectivity index (χ3n) is 3.56. The Hall–Kier alpha value is -0.170. The Morgan fingerprint density at radius 3 is 2.42 bits per heavy atom.